The SMILES string of the molecule is [SiH3].c1cc[c]([Ge]([c]2ccccc2)[c]2ccccc2)cc1. The van der Waals surface area contributed by atoms with E-state index in [1.807, 2.05) is 0 Å². The third-order valence-electron chi connectivity index (χ3n) is 3.19. The van der Waals surface area contributed by atoms with Crippen LogP contribution in [-0.4, -0.2) is 25.3 Å². The predicted octanol–water partition coefficient (Wildman–Crippen LogP) is 1.02. The number of hydrogen-bond donors (Lipinski definition) is 0. The number of rotatable bonds is 3. The van der Waals surface area contributed by atoms with Crippen LogP contribution in [0.1, 0.15) is 0 Å². The van der Waals surface area contributed by atoms with E-state index >= 15 is 0 Å². The van der Waals surface area contributed by atoms with E-state index in [1.165, 1.54) is 13.2 Å². The summed E-state index contributed by atoms with van der Waals surface area (Å²) in [5.74, 6) is 0. The summed E-state index contributed by atoms with van der Waals surface area (Å²) in [5, 5.41) is 0. The van der Waals surface area contributed by atoms with Crippen molar-refractivity contribution >= 4 is 38.5 Å². The second-order valence-electron chi connectivity index (χ2n) is 4.47. The van der Waals surface area contributed by atoms with Crippen molar-refractivity contribution in [1.82, 2.24) is 0 Å². The van der Waals surface area contributed by atoms with E-state index in [4.69, 9.17) is 0 Å². The van der Waals surface area contributed by atoms with Gasteiger partial charge >= 0.3 is 119 Å². The monoisotopic (exact) mass is 336 g/mol. The molecule has 0 fully saturated rings. The summed E-state index contributed by atoms with van der Waals surface area (Å²) in [7, 11) is 0. The van der Waals surface area contributed by atoms with E-state index in [0.717, 1.165) is 0 Å². The Labute approximate surface area is 129 Å². The normalized spacial score (nSPS) is 10.1. The van der Waals surface area contributed by atoms with Crippen LogP contribution in [0, 0.1) is 0 Å². The van der Waals surface area contributed by atoms with Crippen LogP contribution in [0.5, 0.6) is 0 Å². The van der Waals surface area contributed by atoms with Gasteiger partial charge < -0.3 is 0 Å². The van der Waals surface area contributed by atoms with Crippen molar-refractivity contribution in [2.75, 3.05) is 0 Å². The Morgan fingerprint density at radius 2 is 0.650 bits per heavy atom. The molecule has 0 saturated heterocycles. The first-order valence-electron chi connectivity index (χ1n) is 6.48. The molecule has 0 saturated carbocycles. The molecule has 3 aromatic rings. The van der Waals surface area contributed by atoms with Crippen LogP contribution in [0.15, 0.2) is 91.0 Å². The molecule has 20 heavy (non-hydrogen) atoms. The van der Waals surface area contributed by atoms with Crippen LogP contribution in [0.3, 0.4) is 0 Å². The molecule has 0 aliphatic rings. The van der Waals surface area contributed by atoms with E-state index in [9.17, 15) is 0 Å². The van der Waals surface area contributed by atoms with Gasteiger partial charge in [0.15, 0.2) is 0 Å². The molecule has 0 heterocycles. The Hall–Kier alpha value is -1.58. The second kappa shape index (κ2) is 7.27. The topological polar surface area (TPSA) is 0 Å². The average molecular weight is 335 g/mol. The summed E-state index contributed by atoms with van der Waals surface area (Å²) in [6, 6.07) is 32.8. The fraction of sp³-hybridized carbons (Fsp3) is 0. The minimum atomic E-state index is -1.63. The average Bonchev–Trinajstić information content (AvgIpc) is 2.51. The van der Waals surface area contributed by atoms with Crippen molar-refractivity contribution < 1.29 is 0 Å². The molecule has 0 amide bonds. The van der Waals surface area contributed by atoms with Gasteiger partial charge in [0.05, 0.1) is 0 Å². The van der Waals surface area contributed by atoms with Gasteiger partial charge in [0, 0.05) is 0 Å². The van der Waals surface area contributed by atoms with Crippen molar-refractivity contribution in [3.05, 3.63) is 91.0 Å². The zero-order valence-electron chi connectivity index (χ0n) is 11.7. The van der Waals surface area contributed by atoms with Crippen LogP contribution < -0.4 is 13.2 Å². The molecular formula is C18H18GeSi. The number of benzene rings is 3. The summed E-state index contributed by atoms with van der Waals surface area (Å²) in [4.78, 5) is 0. The molecule has 3 aromatic carbocycles. The van der Waals surface area contributed by atoms with Crippen LogP contribution >= 0.6 is 0 Å². The zero-order valence-corrected chi connectivity index (χ0v) is 15.8. The van der Waals surface area contributed by atoms with Crippen molar-refractivity contribution in [2.45, 2.75) is 0 Å². The van der Waals surface area contributed by atoms with E-state index in [2.05, 4.69) is 91.0 Å². The Bertz CT molecular complexity index is 529. The van der Waals surface area contributed by atoms with Gasteiger partial charge in [-0.25, -0.2) is 0 Å². The summed E-state index contributed by atoms with van der Waals surface area (Å²) in [6.45, 7) is 0. The first kappa shape index (κ1) is 14.8. The van der Waals surface area contributed by atoms with E-state index in [0.29, 0.717) is 0 Å². The first-order chi connectivity index (χ1) is 9.45. The Kier molecular flexibility index (Phi) is 5.39. The molecule has 0 aliphatic carbocycles. The zero-order chi connectivity index (χ0) is 12.9. The Morgan fingerprint density at radius 1 is 0.400 bits per heavy atom. The van der Waals surface area contributed by atoms with Gasteiger partial charge in [-0.05, 0) is 11.0 Å². The van der Waals surface area contributed by atoms with Gasteiger partial charge in [-0.15, -0.1) is 0 Å². The van der Waals surface area contributed by atoms with Gasteiger partial charge in [-0.2, -0.15) is 0 Å². The molecule has 0 atom stereocenters. The molecule has 3 rings (SSSR count). The quantitative estimate of drug-likeness (QED) is 0.627. The van der Waals surface area contributed by atoms with Crippen LogP contribution in [-0.2, 0) is 0 Å². The minimum absolute atomic E-state index is 0. The molecule has 2 radical (unpaired) electrons. The van der Waals surface area contributed by atoms with E-state index in [-0.39, 0.29) is 11.0 Å². The van der Waals surface area contributed by atoms with E-state index in [1.54, 1.807) is 0 Å². The van der Waals surface area contributed by atoms with Crippen LogP contribution in [0.25, 0.3) is 0 Å². The molecule has 98 valence electrons. The summed E-state index contributed by atoms with van der Waals surface area (Å²) in [5.41, 5.74) is 0. The van der Waals surface area contributed by atoms with Crippen LogP contribution in [0.4, 0.5) is 0 Å². The fourth-order valence-corrected chi connectivity index (χ4v) is 7.72. The number of hydrogen-bond acceptors (Lipinski definition) is 0. The van der Waals surface area contributed by atoms with Crippen molar-refractivity contribution in [1.29, 1.82) is 0 Å². The third-order valence-corrected chi connectivity index (χ3v) is 8.92. The van der Waals surface area contributed by atoms with Crippen molar-refractivity contribution in [2.24, 2.45) is 0 Å². The maximum absolute atomic E-state index is 2.27. The van der Waals surface area contributed by atoms with Crippen LogP contribution in [0.2, 0.25) is 0 Å². The molecule has 0 spiro atoms. The molecule has 0 aromatic heterocycles. The third kappa shape index (κ3) is 3.30. The second-order valence-corrected chi connectivity index (χ2v) is 9.68. The molecule has 2 heteroatoms. The summed E-state index contributed by atoms with van der Waals surface area (Å²) >= 11 is -1.63. The Morgan fingerprint density at radius 3 is 0.900 bits per heavy atom. The molecule has 0 unspecified atom stereocenters. The summed E-state index contributed by atoms with van der Waals surface area (Å²) in [6.07, 6.45) is 0. The van der Waals surface area contributed by atoms with E-state index < -0.39 is 14.3 Å². The fourth-order valence-electron chi connectivity index (χ4n) is 2.31. The standard InChI is InChI=1S/C18H15Ge.H3Si/c1-4-10-16(11-5-1)19(17-12-6-2-7-13-17)18-14-8-3-9-15-18;/h1-15H;1H3. The Balaban J connectivity index is 0.00000147. The van der Waals surface area contributed by atoms with Gasteiger partial charge in [0.2, 0.25) is 0 Å². The molecule has 0 N–H and O–H groups in total. The first-order valence-corrected chi connectivity index (χ1v) is 9.63. The van der Waals surface area contributed by atoms with Gasteiger partial charge in [0.1, 0.15) is 0 Å². The summed E-state index contributed by atoms with van der Waals surface area (Å²) < 4.78 is 4.50. The van der Waals surface area contributed by atoms with Gasteiger partial charge in [-0.1, -0.05) is 0 Å². The molecular weight excluding hydrogens is 317 g/mol. The molecule has 0 aliphatic heterocycles. The van der Waals surface area contributed by atoms with Crippen molar-refractivity contribution in [3.63, 3.8) is 0 Å². The molecule has 0 nitrogen and oxygen atoms in total. The van der Waals surface area contributed by atoms with Crippen molar-refractivity contribution in [3.8, 4) is 0 Å². The van der Waals surface area contributed by atoms with Gasteiger partial charge in [-0.3, -0.25) is 0 Å². The molecule has 0 bridgehead atoms. The predicted molar refractivity (Wildman–Crippen MR) is 93.9 cm³/mol. The maximum atomic E-state index is 2.27. The van der Waals surface area contributed by atoms with Gasteiger partial charge in [0.25, 0.3) is 0 Å².